The zero-order chi connectivity index (χ0) is 24.9. The van der Waals surface area contributed by atoms with E-state index in [1.165, 1.54) is 11.1 Å². The zero-order valence-electron chi connectivity index (χ0n) is 22.6. The van der Waals surface area contributed by atoms with E-state index in [1.54, 1.807) is 0 Å². The molecule has 0 atom stereocenters. The number of hydrogen-bond donors (Lipinski definition) is 2. The lowest BCUT2D eigenvalue weighted by molar-refractivity contribution is 0.345. The van der Waals surface area contributed by atoms with Gasteiger partial charge in [-0.25, -0.2) is 0 Å². The first-order chi connectivity index (χ1) is 14.3. The van der Waals surface area contributed by atoms with Gasteiger partial charge in [0.2, 0.25) is 0 Å². The van der Waals surface area contributed by atoms with Gasteiger partial charge in [-0.2, -0.15) is 0 Å². The van der Waals surface area contributed by atoms with Crippen LogP contribution < -0.4 is 0 Å². The van der Waals surface area contributed by atoms with Crippen LogP contribution in [-0.4, -0.2) is 10.2 Å². The molecule has 178 valence electrons. The van der Waals surface area contributed by atoms with Gasteiger partial charge in [-0.05, 0) is 59.5 Å². The molecule has 32 heavy (non-hydrogen) atoms. The first kappa shape index (κ1) is 26.3. The van der Waals surface area contributed by atoms with Crippen LogP contribution in [0.3, 0.4) is 0 Å². The molecular weight excluding hydrogens is 392 g/mol. The van der Waals surface area contributed by atoms with Crippen molar-refractivity contribution in [3.05, 3.63) is 57.6 Å². The summed E-state index contributed by atoms with van der Waals surface area (Å²) in [7, 11) is 0. The third-order valence-corrected chi connectivity index (χ3v) is 6.96. The minimum absolute atomic E-state index is 0.114. The van der Waals surface area contributed by atoms with Gasteiger partial charge < -0.3 is 10.2 Å². The molecule has 0 fully saturated rings. The highest BCUT2D eigenvalue weighted by Gasteiger charge is 2.34. The van der Waals surface area contributed by atoms with Gasteiger partial charge >= 0.3 is 0 Å². The second-order valence-corrected chi connectivity index (χ2v) is 13.2. The molecule has 0 spiro atoms. The van der Waals surface area contributed by atoms with Gasteiger partial charge in [0, 0.05) is 11.1 Å². The molecule has 0 saturated heterocycles. The molecule has 0 heterocycles. The van der Waals surface area contributed by atoms with Crippen LogP contribution in [0.25, 0.3) is 0 Å². The van der Waals surface area contributed by atoms with Gasteiger partial charge in [-0.15, -0.1) is 0 Å². The number of hydrogen-bond acceptors (Lipinski definition) is 2. The summed E-state index contributed by atoms with van der Waals surface area (Å²) in [6, 6.07) is 8.49. The van der Waals surface area contributed by atoms with E-state index in [0.29, 0.717) is 11.5 Å². The molecule has 0 saturated carbocycles. The number of aromatic hydroxyl groups is 2. The minimum Gasteiger partial charge on any atom is -0.507 e. The SMILES string of the molecule is Cc1cc(C(C)(C)C)c(O)c(C(C)(C)CCC(C)(C)c2cc(C)cc(C(C)(C)C)c2O)c1. The van der Waals surface area contributed by atoms with E-state index in [-0.39, 0.29) is 21.7 Å². The van der Waals surface area contributed by atoms with Gasteiger partial charge in [0.15, 0.2) is 0 Å². The van der Waals surface area contributed by atoms with Gasteiger partial charge in [-0.3, -0.25) is 0 Å². The maximum atomic E-state index is 11.2. The quantitative estimate of drug-likeness (QED) is 0.492. The summed E-state index contributed by atoms with van der Waals surface area (Å²) < 4.78 is 0. The van der Waals surface area contributed by atoms with Crippen LogP contribution in [0.5, 0.6) is 11.5 Å². The molecule has 0 aliphatic heterocycles. The summed E-state index contributed by atoms with van der Waals surface area (Å²) in [5.41, 5.74) is 5.79. The van der Waals surface area contributed by atoms with Crippen molar-refractivity contribution in [2.45, 2.75) is 118 Å². The zero-order valence-corrected chi connectivity index (χ0v) is 22.6. The molecule has 0 aromatic heterocycles. The van der Waals surface area contributed by atoms with Crippen molar-refractivity contribution in [1.29, 1.82) is 0 Å². The highest BCUT2D eigenvalue weighted by Crippen LogP contribution is 2.46. The number of phenols is 2. The smallest absolute Gasteiger partial charge is 0.123 e. The number of rotatable bonds is 5. The summed E-state index contributed by atoms with van der Waals surface area (Å²) in [6.45, 7) is 26.0. The summed E-state index contributed by atoms with van der Waals surface area (Å²) in [5, 5.41) is 22.4. The van der Waals surface area contributed by atoms with Gasteiger partial charge in [0.25, 0.3) is 0 Å². The first-order valence-corrected chi connectivity index (χ1v) is 12.0. The van der Waals surface area contributed by atoms with Crippen LogP contribution in [0.1, 0.15) is 115 Å². The van der Waals surface area contributed by atoms with E-state index in [1.807, 2.05) is 0 Å². The van der Waals surface area contributed by atoms with E-state index >= 15 is 0 Å². The van der Waals surface area contributed by atoms with Crippen LogP contribution in [0.2, 0.25) is 0 Å². The summed E-state index contributed by atoms with van der Waals surface area (Å²) in [4.78, 5) is 0. The number of benzene rings is 2. The fourth-order valence-corrected chi connectivity index (χ4v) is 4.63. The Hall–Kier alpha value is -1.96. The average Bonchev–Trinajstić information content (AvgIpc) is 2.61. The van der Waals surface area contributed by atoms with Gasteiger partial charge in [-0.1, -0.05) is 105 Å². The third-order valence-electron chi connectivity index (χ3n) is 6.96. The number of aryl methyl sites for hydroxylation is 2. The largest absolute Gasteiger partial charge is 0.507 e. The van der Waals surface area contributed by atoms with Crippen molar-refractivity contribution in [2.75, 3.05) is 0 Å². The molecule has 0 unspecified atom stereocenters. The van der Waals surface area contributed by atoms with Crippen LogP contribution in [0.15, 0.2) is 24.3 Å². The summed E-state index contributed by atoms with van der Waals surface area (Å²) in [5.74, 6) is 0.860. The maximum absolute atomic E-state index is 11.2. The van der Waals surface area contributed by atoms with Crippen molar-refractivity contribution in [3.8, 4) is 11.5 Å². The van der Waals surface area contributed by atoms with Gasteiger partial charge in [0.1, 0.15) is 11.5 Å². The van der Waals surface area contributed by atoms with Crippen molar-refractivity contribution in [1.82, 2.24) is 0 Å². The molecule has 2 heteroatoms. The lowest BCUT2D eigenvalue weighted by Crippen LogP contribution is -2.26. The molecule has 2 rings (SSSR count). The Balaban J connectivity index is 2.44. The molecule has 0 aliphatic carbocycles. The van der Waals surface area contributed by atoms with E-state index in [0.717, 1.165) is 35.1 Å². The molecule has 0 aliphatic rings. The average molecular weight is 439 g/mol. The first-order valence-electron chi connectivity index (χ1n) is 12.0. The van der Waals surface area contributed by atoms with Crippen molar-refractivity contribution in [3.63, 3.8) is 0 Å². The second-order valence-electron chi connectivity index (χ2n) is 13.2. The second kappa shape index (κ2) is 8.43. The van der Waals surface area contributed by atoms with E-state index in [9.17, 15) is 10.2 Å². The standard InChI is InChI=1S/C30H46O2/c1-19-15-21(27(3,4)5)25(31)23(17-19)29(9,10)13-14-30(11,12)24-18-20(2)16-22(26(24)32)28(6,7)8/h15-18,31-32H,13-14H2,1-12H3. The molecular formula is C30H46O2. The van der Waals surface area contributed by atoms with Crippen molar-refractivity contribution < 1.29 is 10.2 Å². The van der Waals surface area contributed by atoms with Crippen LogP contribution in [0.4, 0.5) is 0 Å². The number of phenolic OH excluding ortho intramolecular Hbond substituents is 2. The predicted octanol–water partition coefficient (Wildman–Crippen LogP) is 8.35. The molecule has 2 nitrogen and oxygen atoms in total. The Labute approximate surface area is 197 Å². The highest BCUT2D eigenvalue weighted by molar-refractivity contribution is 5.51. The van der Waals surface area contributed by atoms with Gasteiger partial charge in [0.05, 0.1) is 0 Å². The Kier molecular flexibility index (Phi) is 6.93. The Morgan fingerprint density at radius 2 is 0.750 bits per heavy atom. The predicted molar refractivity (Wildman–Crippen MR) is 138 cm³/mol. The molecule has 0 amide bonds. The lowest BCUT2D eigenvalue weighted by Gasteiger charge is -2.35. The normalized spacial score (nSPS) is 13.5. The van der Waals surface area contributed by atoms with E-state index in [4.69, 9.17) is 0 Å². The molecule has 0 radical (unpaired) electrons. The minimum atomic E-state index is -0.195. The lowest BCUT2D eigenvalue weighted by atomic mass is 9.70. The summed E-state index contributed by atoms with van der Waals surface area (Å²) >= 11 is 0. The van der Waals surface area contributed by atoms with E-state index < -0.39 is 0 Å². The highest BCUT2D eigenvalue weighted by atomic mass is 16.3. The Bertz CT molecular complexity index is 898. The monoisotopic (exact) mass is 438 g/mol. The van der Waals surface area contributed by atoms with Crippen LogP contribution >= 0.6 is 0 Å². The third kappa shape index (κ3) is 5.50. The maximum Gasteiger partial charge on any atom is 0.123 e. The Morgan fingerprint density at radius 3 is 1.00 bits per heavy atom. The van der Waals surface area contributed by atoms with E-state index in [2.05, 4.69) is 107 Å². The van der Waals surface area contributed by atoms with Crippen LogP contribution in [-0.2, 0) is 21.7 Å². The van der Waals surface area contributed by atoms with Crippen LogP contribution in [0, 0.1) is 13.8 Å². The topological polar surface area (TPSA) is 40.5 Å². The Morgan fingerprint density at radius 1 is 0.500 bits per heavy atom. The van der Waals surface area contributed by atoms with Crippen molar-refractivity contribution >= 4 is 0 Å². The fraction of sp³-hybridized carbons (Fsp3) is 0.600. The fourth-order valence-electron chi connectivity index (χ4n) is 4.63. The molecule has 2 aromatic rings. The molecule has 2 aromatic carbocycles. The molecule has 0 bridgehead atoms. The summed E-state index contributed by atoms with van der Waals surface area (Å²) in [6.07, 6.45) is 1.80. The molecule has 2 N–H and O–H groups in total. The van der Waals surface area contributed by atoms with Crippen molar-refractivity contribution in [2.24, 2.45) is 0 Å².